The molecule has 1 aromatic heterocycles. The molecular weight excluding hydrogens is 399 g/mol. The Hall–Kier alpha value is -2.49. The molecule has 30 heavy (non-hydrogen) atoms. The summed E-state index contributed by atoms with van der Waals surface area (Å²) in [6.07, 6.45) is 7.35. The zero-order valence-electron chi connectivity index (χ0n) is 17.8. The van der Waals surface area contributed by atoms with E-state index in [-0.39, 0.29) is 67.0 Å². The van der Waals surface area contributed by atoms with Crippen LogP contribution in [0.5, 0.6) is 0 Å². The van der Waals surface area contributed by atoms with Gasteiger partial charge in [0.25, 0.3) is 11.8 Å². The van der Waals surface area contributed by atoms with Gasteiger partial charge in [0.1, 0.15) is 11.7 Å². The summed E-state index contributed by atoms with van der Waals surface area (Å²) in [5.41, 5.74) is 6.50. The van der Waals surface area contributed by atoms with Crippen LogP contribution in [-0.4, -0.2) is 57.2 Å². The first kappa shape index (κ1) is 22.2. The van der Waals surface area contributed by atoms with Crippen molar-refractivity contribution in [1.29, 1.82) is 0 Å². The van der Waals surface area contributed by atoms with Crippen LogP contribution in [0.1, 0.15) is 20.3 Å². The summed E-state index contributed by atoms with van der Waals surface area (Å²) >= 11 is 0. The van der Waals surface area contributed by atoms with Crippen molar-refractivity contribution >= 4 is 29.8 Å². The first-order valence-corrected chi connectivity index (χ1v) is 9.30. The Bertz CT molecular complexity index is 1010. The summed E-state index contributed by atoms with van der Waals surface area (Å²) in [5.74, 6) is -2.12. The number of rotatable bonds is 5. The maximum absolute atomic E-state index is 12.6. The van der Waals surface area contributed by atoms with E-state index in [1.165, 1.54) is 11.8 Å². The SMILES string of the molecule is CC(=O)N1C[C@H]2CC(/C=C/c3ccc[n+](CC(N)=O)c3)=C(C(=O)O)N3C(=O)[C@@H]1[C@@H]23.[H-].[Na+]. The van der Waals surface area contributed by atoms with Crippen molar-refractivity contribution < 1.29 is 59.8 Å². The molecule has 1 aromatic rings. The predicted octanol–water partition coefficient (Wildman–Crippen LogP) is -3.61. The summed E-state index contributed by atoms with van der Waals surface area (Å²) in [7, 11) is 0. The second-order valence-electron chi connectivity index (χ2n) is 7.57. The van der Waals surface area contributed by atoms with Crippen molar-refractivity contribution in [2.24, 2.45) is 11.7 Å². The van der Waals surface area contributed by atoms with Crippen LogP contribution >= 0.6 is 0 Å². The number of hydrogen-bond donors (Lipinski definition) is 2. The van der Waals surface area contributed by atoms with Gasteiger partial charge in [0, 0.05) is 31.0 Å². The Kier molecular flexibility index (Phi) is 6.16. The zero-order valence-corrected chi connectivity index (χ0v) is 18.8. The monoisotopic (exact) mass is 421 g/mol. The fourth-order valence-corrected chi connectivity index (χ4v) is 4.56. The number of amides is 3. The molecule has 0 radical (unpaired) electrons. The summed E-state index contributed by atoms with van der Waals surface area (Å²) in [5, 5.41) is 9.74. The number of nitrogens with zero attached hydrogens (tertiary/aromatic N) is 3. The molecule has 10 heteroatoms. The van der Waals surface area contributed by atoms with Crippen LogP contribution in [-0.2, 0) is 25.7 Å². The number of aromatic nitrogens is 1. The molecule has 152 valence electrons. The van der Waals surface area contributed by atoms with Crippen molar-refractivity contribution in [2.45, 2.75) is 32.0 Å². The average Bonchev–Trinajstić information content (AvgIpc) is 3.02. The van der Waals surface area contributed by atoms with E-state index in [2.05, 4.69) is 0 Å². The van der Waals surface area contributed by atoms with Crippen molar-refractivity contribution in [3.05, 3.63) is 47.4 Å². The van der Waals surface area contributed by atoms with Gasteiger partial charge in [0.05, 0.1) is 6.04 Å². The Balaban J connectivity index is 0.00000171. The molecule has 0 bridgehead atoms. The maximum Gasteiger partial charge on any atom is 1.00 e. The Morgan fingerprint density at radius 3 is 2.73 bits per heavy atom. The first-order valence-electron chi connectivity index (χ1n) is 9.30. The first-order chi connectivity index (χ1) is 13.8. The van der Waals surface area contributed by atoms with Gasteiger partial charge in [0.2, 0.25) is 12.5 Å². The molecule has 3 amide bonds. The van der Waals surface area contributed by atoms with Crippen molar-refractivity contribution in [3.63, 3.8) is 0 Å². The minimum absolute atomic E-state index is 0. The van der Waals surface area contributed by atoms with Gasteiger partial charge in [-0.25, -0.2) is 4.79 Å². The molecule has 4 rings (SSSR count). The number of pyridine rings is 1. The van der Waals surface area contributed by atoms with Gasteiger partial charge >= 0.3 is 35.5 Å². The van der Waals surface area contributed by atoms with Gasteiger partial charge in [0.15, 0.2) is 12.4 Å². The van der Waals surface area contributed by atoms with Crippen molar-refractivity contribution in [2.75, 3.05) is 6.54 Å². The van der Waals surface area contributed by atoms with Crippen LogP contribution in [0.2, 0.25) is 0 Å². The molecule has 9 nitrogen and oxygen atoms in total. The topological polar surface area (TPSA) is 125 Å². The molecule has 3 atom stereocenters. The van der Waals surface area contributed by atoms with Gasteiger partial charge in [-0.05, 0) is 24.1 Å². The van der Waals surface area contributed by atoms with Gasteiger partial charge in [-0.2, -0.15) is 4.57 Å². The van der Waals surface area contributed by atoms with Crippen molar-refractivity contribution in [3.8, 4) is 0 Å². The third-order valence-corrected chi connectivity index (χ3v) is 5.69. The van der Waals surface area contributed by atoms with E-state index < -0.39 is 17.9 Å². The van der Waals surface area contributed by atoms with E-state index in [0.717, 1.165) is 5.56 Å². The second-order valence-corrected chi connectivity index (χ2v) is 7.57. The number of likely N-dealkylation sites (tertiary alicyclic amines) is 1. The second kappa shape index (κ2) is 8.33. The van der Waals surface area contributed by atoms with Crippen LogP contribution in [0.15, 0.2) is 41.9 Å². The Morgan fingerprint density at radius 2 is 2.10 bits per heavy atom. The summed E-state index contributed by atoms with van der Waals surface area (Å²) in [4.78, 5) is 50.4. The third kappa shape index (κ3) is 3.68. The van der Waals surface area contributed by atoms with E-state index in [4.69, 9.17) is 5.73 Å². The number of β-lactam (4-membered cyclic amide) rings is 1. The molecule has 0 unspecified atom stereocenters. The smallest absolute Gasteiger partial charge is 1.00 e. The molecule has 4 heterocycles. The molecule has 3 aliphatic rings. The molecule has 3 aliphatic heterocycles. The van der Waals surface area contributed by atoms with Gasteiger partial charge in [-0.1, -0.05) is 6.08 Å². The summed E-state index contributed by atoms with van der Waals surface area (Å²) in [6, 6.07) is 2.78. The molecule has 2 fully saturated rings. The summed E-state index contributed by atoms with van der Waals surface area (Å²) < 4.78 is 1.64. The third-order valence-electron chi connectivity index (χ3n) is 5.69. The van der Waals surface area contributed by atoms with Gasteiger partial charge in [-0.3, -0.25) is 19.3 Å². The van der Waals surface area contributed by atoms with E-state index in [1.807, 2.05) is 6.07 Å². The molecule has 0 aliphatic carbocycles. The number of aliphatic carboxylic acids is 1. The molecule has 0 spiro atoms. The number of carboxylic acids is 1. The molecular formula is C20H22N4NaO5+. The molecule has 3 N–H and O–H groups in total. The number of carbonyl (C=O) groups is 4. The standard InChI is InChI=1S/C20H20N4O5.Na.H/c1-11(25)23-9-14-7-13(17(20(28)29)24-16(14)18(23)19(24)27)5-4-12-3-2-6-22(8-12)10-15(21)26;;/h2-6,8,14,16,18H,7,9-10H2,1H3,(H2-,21,26,28,29);;/q;+1;-1/p+1/b5-4+;;/t14-,16-,18+;;/m1../s1. The van der Waals surface area contributed by atoms with E-state index in [1.54, 1.807) is 40.1 Å². The summed E-state index contributed by atoms with van der Waals surface area (Å²) in [6.45, 7) is 1.91. The van der Waals surface area contributed by atoms with Gasteiger partial charge < -0.3 is 17.2 Å². The minimum Gasteiger partial charge on any atom is -1.00 e. The van der Waals surface area contributed by atoms with Crippen LogP contribution in [0.25, 0.3) is 6.08 Å². The van der Waals surface area contributed by atoms with Crippen molar-refractivity contribution in [1.82, 2.24) is 9.80 Å². The fraction of sp³-hybridized carbons (Fsp3) is 0.350. The minimum atomic E-state index is -1.16. The largest absolute Gasteiger partial charge is 1.00 e. The van der Waals surface area contributed by atoms with E-state index in [9.17, 15) is 24.3 Å². The van der Waals surface area contributed by atoms with E-state index in [0.29, 0.717) is 18.5 Å². The fourth-order valence-electron chi connectivity index (χ4n) is 4.56. The van der Waals surface area contributed by atoms with E-state index >= 15 is 0 Å². The number of allylic oxidation sites excluding steroid dienone is 2. The van der Waals surface area contributed by atoms with Crippen LogP contribution in [0.3, 0.4) is 0 Å². The quantitative estimate of drug-likeness (QED) is 0.289. The number of carbonyl (C=O) groups excluding carboxylic acids is 3. The maximum atomic E-state index is 12.6. The predicted molar refractivity (Wildman–Crippen MR) is 101 cm³/mol. The van der Waals surface area contributed by atoms with Crippen LogP contribution in [0.4, 0.5) is 0 Å². The molecule has 0 saturated carbocycles. The molecule has 2 saturated heterocycles. The number of nitrogens with two attached hydrogens (primary N) is 1. The number of primary amides is 1. The average molecular weight is 421 g/mol. The number of hydrogen-bond acceptors (Lipinski definition) is 4. The number of carboxylic acid groups (broad SMARTS) is 1. The normalized spacial score (nSPS) is 24.4. The van der Waals surface area contributed by atoms with Gasteiger partial charge in [-0.15, -0.1) is 0 Å². The molecule has 0 aromatic carbocycles. The zero-order chi connectivity index (χ0) is 20.9. The van der Waals surface area contributed by atoms with Crippen LogP contribution < -0.4 is 39.9 Å². The Morgan fingerprint density at radius 1 is 1.37 bits per heavy atom. The Labute approximate surface area is 196 Å². The van der Waals surface area contributed by atoms with Crippen LogP contribution in [0, 0.1) is 5.92 Å².